The highest BCUT2D eigenvalue weighted by Gasteiger charge is 2.30. The van der Waals surface area contributed by atoms with Gasteiger partial charge in [0.2, 0.25) is 0 Å². The number of primary amides is 1. The van der Waals surface area contributed by atoms with Crippen LogP contribution in [0.2, 0.25) is 5.02 Å². The fraction of sp³-hybridized carbons (Fsp3) is 0.0714. The van der Waals surface area contributed by atoms with Crippen LogP contribution in [0, 0.1) is 0 Å². The molecular formula is C14H11ClF3N3O2S. The van der Waals surface area contributed by atoms with Crippen LogP contribution >= 0.6 is 11.6 Å². The van der Waals surface area contributed by atoms with Crippen molar-refractivity contribution >= 4 is 33.2 Å². The van der Waals surface area contributed by atoms with Gasteiger partial charge in [-0.3, -0.25) is 4.72 Å². The summed E-state index contributed by atoms with van der Waals surface area (Å²) in [6.07, 6.45) is -4.54. The molecule has 0 spiro atoms. The van der Waals surface area contributed by atoms with Gasteiger partial charge in [0.15, 0.2) is 9.92 Å². The van der Waals surface area contributed by atoms with Crippen molar-refractivity contribution in [3.8, 4) is 0 Å². The summed E-state index contributed by atoms with van der Waals surface area (Å²) in [4.78, 5) is 11.0. The molecule has 0 fully saturated rings. The Kier molecular flexibility index (Phi) is 5.05. The zero-order chi connectivity index (χ0) is 18.0. The number of benzene rings is 2. The Bertz CT molecular complexity index is 858. The molecule has 24 heavy (non-hydrogen) atoms. The van der Waals surface area contributed by atoms with Gasteiger partial charge in [-0.2, -0.15) is 13.2 Å². The van der Waals surface area contributed by atoms with Crippen molar-refractivity contribution in [2.75, 3.05) is 4.72 Å². The lowest BCUT2D eigenvalue weighted by Crippen LogP contribution is -2.18. The number of nitrogens with two attached hydrogens (primary N) is 1. The number of urea groups is 1. The molecule has 10 heteroatoms. The molecule has 128 valence electrons. The first kappa shape index (κ1) is 18.1. The molecule has 0 saturated carbocycles. The van der Waals surface area contributed by atoms with Gasteiger partial charge in [-0.15, -0.1) is 4.36 Å². The van der Waals surface area contributed by atoms with Gasteiger partial charge in [0.05, 0.1) is 10.5 Å². The monoisotopic (exact) mass is 377 g/mol. The number of alkyl halides is 3. The van der Waals surface area contributed by atoms with E-state index in [0.29, 0.717) is 10.7 Å². The maximum Gasteiger partial charge on any atom is 0.416 e. The van der Waals surface area contributed by atoms with Gasteiger partial charge in [-0.05, 0) is 48.5 Å². The Hall–Kier alpha value is -2.26. The van der Waals surface area contributed by atoms with Crippen molar-refractivity contribution in [1.82, 2.24) is 0 Å². The summed E-state index contributed by atoms with van der Waals surface area (Å²) in [5.41, 5.74) is 4.35. The molecular weight excluding hydrogens is 367 g/mol. The van der Waals surface area contributed by atoms with E-state index in [0.717, 1.165) is 24.3 Å². The topological polar surface area (TPSA) is 84.6 Å². The van der Waals surface area contributed by atoms with Crippen LogP contribution in [-0.2, 0) is 16.1 Å². The smallest absolute Gasteiger partial charge is 0.349 e. The number of halogens is 4. The third-order valence-electron chi connectivity index (χ3n) is 2.82. The fourth-order valence-electron chi connectivity index (χ4n) is 1.77. The summed E-state index contributed by atoms with van der Waals surface area (Å²) in [6.45, 7) is 0. The second kappa shape index (κ2) is 6.70. The summed E-state index contributed by atoms with van der Waals surface area (Å²) in [7, 11) is -3.61. The number of amides is 2. The molecule has 3 N–H and O–H groups in total. The first-order chi connectivity index (χ1) is 11.1. The van der Waals surface area contributed by atoms with E-state index in [1.54, 1.807) is 0 Å². The summed E-state index contributed by atoms with van der Waals surface area (Å²) >= 11 is 5.74. The van der Waals surface area contributed by atoms with E-state index < -0.39 is 27.7 Å². The van der Waals surface area contributed by atoms with Crippen molar-refractivity contribution in [2.45, 2.75) is 11.1 Å². The summed E-state index contributed by atoms with van der Waals surface area (Å²) in [6, 6.07) is 8.17. The van der Waals surface area contributed by atoms with Gasteiger partial charge in [0.25, 0.3) is 0 Å². The highest BCUT2D eigenvalue weighted by molar-refractivity contribution is 7.95. The molecule has 0 aliphatic rings. The van der Waals surface area contributed by atoms with Crippen LogP contribution in [0.4, 0.5) is 23.7 Å². The highest BCUT2D eigenvalue weighted by Crippen LogP contribution is 2.30. The Morgan fingerprint density at radius 3 is 2.08 bits per heavy atom. The zero-order valence-electron chi connectivity index (χ0n) is 11.9. The van der Waals surface area contributed by atoms with Crippen molar-refractivity contribution in [2.24, 2.45) is 10.1 Å². The van der Waals surface area contributed by atoms with E-state index in [2.05, 4.69) is 9.08 Å². The number of carbonyl (C=O) groups is 1. The molecule has 2 aromatic rings. The normalized spacial score (nSPS) is 13.8. The van der Waals surface area contributed by atoms with Gasteiger partial charge in [-0.1, -0.05) is 11.6 Å². The molecule has 2 amide bonds. The molecule has 1 unspecified atom stereocenters. The minimum absolute atomic E-state index is 0.121. The first-order valence-electron chi connectivity index (χ1n) is 6.37. The summed E-state index contributed by atoms with van der Waals surface area (Å²) < 4.78 is 56.6. The number of hydrogen-bond acceptors (Lipinski definition) is 2. The Morgan fingerprint density at radius 2 is 1.62 bits per heavy atom. The van der Waals surface area contributed by atoms with Gasteiger partial charge < -0.3 is 5.73 Å². The Morgan fingerprint density at radius 1 is 1.08 bits per heavy atom. The molecule has 0 aliphatic heterocycles. The number of anilines is 1. The largest absolute Gasteiger partial charge is 0.416 e. The van der Waals surface area contributed by atoms with Crippen molar-refractivity contribution in [3.05, 3.63) is 59.1 Å². The predicted molar refractivity (Wildman–Crippen MR) is 84.9 cm³/mol. The minimum Gasteiger partial charge on any atom is -0.349 e. The molecule has 0 saturated heterocycles. The van der Waals surface area contributed by atoms with E-state index in [1.807, 2.05) is 0 Å². The van der Waals surface area contributed by atoms with Gasteiger partial charge in [0, 0.05) is 10.7 Å². The number of nitrogens with zero attached hydrogens (tertiary/aromatic N) is 1. The van der Waals surface area contributed by atoms with Gasteiger partial charge in [-0.25, -0.2) is 9.00 Å². The molecule has 0 aliphatic carbocycles. The van der Waals surface area contributed by atoms with Gasteiger partial charge in [0.1, 0.15) is 0 Å². The lowest BCUT2D eigenvalue weighted by molar-refractivity contribution is -0.137. The van der Waals surface area contributed by atoms with Crippen molar-refractivity contribution < 1.29 is 22.2 Å². The van der Waals surface area contributed by atoms with E-state index in [1.165, 1.54) is 24.3 Å². The average Bonchev–Trinajstić information content (AvgIpc) is 2.48. The van der Waals surface area contributed by atoms with Gasteiger partial charge >= 0.3 is 12.2 Å². The van der Waals surface area contributed by atoms with Crippen LogP contribution in [0.25, 0.3) is 0 Å². The number of nitrogens with one attached hydrogen (secondary N) is 1. The van der Waals surface area contributed by atoms with E-state index >= 15 is 0 Å². The summed E-state index contributed by atoms with van der Waals surface area (Å²) in [5, 5.41) is 0.424. The lowest BCUT2D eigenvalue weighted by atomic mass is 10.2. The van der Waals surface area contributed by atoms with E-state index in [4.69, 9.17) is 17.3 Å². The van der Waals surface area contributed by atoms with Crippen molar-refractivity contribution in [1.29, 1.82) is 0 Å². The number of hydrogen-bond donors (Lipinski definition) is 2. The van der Waals surface area contributed by atoms with E-state index in [9.17, 15) is 22.2 Å². The van der Waals surface area contributed by atoms with Crippen LogP contribution in [0.3, 0.4) is 0 Å². The average molecular weight is 378 g/mol. The van der Waals surface area contributed by atoms with Crippen LogP contribution in [0.5, 0.6) is 0 Å². The Labute approximate surface area is 140 Å². The Balaban J connectivity index is 2.47. The predicted octanol–water partition coefficient (Wildman–Crippen LogP) is 4.29. The maximum absolute atomic E-state index is 12.9. The number of rotatable bonds is 3. The molecule has 5 nitrogen and oxygen atoms in total. The van der Waals surface area contributed by atoms with E-state index in [-0.39, 0.29) is 4.90 Å². The van der Waals surface area contributed by atoms with Crippen molar-refractivity contribution in [3.63, 3.8) is 0 Å². The molecule has 2 rings (SSSR count). The molecule has 0 aromatic heterocycles. The quantitative estimate of drug-likeness (QED) is 0.836. The first-order valence-corrected chi connectivity index (χ1v) is 8.27. The maximum atomic E-state index is 12.9. The third kappa shape index (κ3) is 4.39. The molecule has 0 bridgehead atoms. The standard InChI is InChI=1S/C14H11ClF3N3O2S/c15-10-3-5-11(6-4-10)20-24(23,21-13(19)22)12-7-1-9(2-8-12)14(16,17)18/h1-8H,(H3,19,20,21,22,23). The van der Waals surface area contributed by atoms with Crippen LogP contribution in [0.15, 0.2) is 57.8 Å². The lowest BCUT2D eigenvalue weighted by Gasteiger charge is -2.14. The highest BCUT2D eigenvalue weighted by atomic mass is 35.5. The molecule has 2 aromatic carbocycles. The minimum atomic E-state index is -4.54. The molecule has 0 heterocycles. The van der Waals surface area contributed by atoms with Crippen LogP contribution in [-0.4, -0.2) is 10.2 Å². The number of carbonyl (C=O) groups excluding carboxylic acids is 1. The second-order valence-electron chi connectivity index (χ2n) is 4.59. The van der Waals surface area contributed by atoms with Crippen LogP contribution in [0.1, 0.15) is 5.56 Å². The molecule has 1 atom stereocenters. The van der Waals surface area contributed by atoms with Crippen LogP contribution < -0.4 is 10.5 Å². The SMILES string of the molecule is NC(=O)N=S(=O)(Nc1ccc(Cl)cc1)c1ccc(C(F)(F)F)cc1. The second-order valence-corrected chi connectivity index (χ2v) is 6.93. The third-order valence-corrected chi connectivity index (χ3v) is 4.93. The molecule has 0 radical (unpaired) electrons. The summed E-state index contributed by atoms with van der Waals surface area (Å²) in [5.74, 6) is 0. The zero-order valence-corrected chi connectivity index (χ0v) is 13.5. The fourth-order valence-corrected chi connectivity index (χ4v) is 3.38.